The smallest absolute Gasteiger partial charge is 0.217 e. The Kier molecular flexibility index (Phi) is 5.11. The third-order valence-electron chi connectivity index (χ3n) is 3.46. The topological polar surface area (TPSA) is 36.9 Å². The number of thiophene rings is 1. The van der Waals surface area contributed by atoms with Crippen LogP contribution in [0.2, 0.25) is 0 Å². The van der Waals surface area contributed by atoms with Crippen molar-refractivity contribution >= 4 is 39.5 Å². The van der Waals surface area contributed by atoms with Crippen molar-refractivity contribution in [1.82, 2.24) is 19.7 Å². The van der Waals surface area contributed by atoms with Crippen LogP contribution in [-0.4, -0.2) is 26.7 Å². The first-order valence-electron chi connectivity index (χ1n) is 7.16. The monoisotopic (exact) mass is 408 g/mol. The van der Waals surface area contributed by atoms with Gasteiger partial charge in [0.05, 0.1) is 10.5 Å². The van der Waals surface area contributed by atoms with Gasteiger partial charge in [-0.1, -0.05) is 29.8 Å². The molecule has 0 radical (unpaired) electrons. The molecule has 3 rings (SSSR count). The minimum atomic E-state index is 0.568. The van der Waals surface area contributed by atoms with Crippen LogP contribution in [0.4, 0.5) is 0 Å². The van der Waals surface area contributed by atoms with E-state index in [4.69, 9.17) is 12.2 Å². The Balaban J connectivity index is 1.73. The van der Waals surface area contributed by atoms with Gasteiger partial charge in [0, 0.05) is 12.1 Å². The lowest BCUT2D eigenvalue weighted by Gasteiger charge is -2.15. The lowest BCUT2D eigenvalue weighted by atomic mass is 10.1. The van der Waals surface area contributed by atoms with Gasteiger partial charge in [-0.05, 0) is 59.1 Å². The summed E-state index contributed by atoms with van der Waals surface area (Å²) in [6.45, 7) is 3.61. The van der Waals surface area contributed by atoms with E-state index in [0.717, 1.165) is 21.7 Å². The molecule has 0 aliphatic heterocycles. The Morgan fingerprint density at radius 3 is 2.74 bits per heavy atom. The van der Waals surface area contributed by atoms with Crippen molar-refractivity contribution in [2.24, 2.45) is 0 Å². The predicted molar refractivity (Wildman–Crippen MR) is 101 cm³/mol. The fourth-order valence-electron chi connectivity index (χ4n) is 2.32. The zero-order valence-electron chi connectivity index (χ0n) is 12.9. The normalized spacial score (nSPS) is 11.3. The van der Waals surface area contributed by atoms with Crippen molar-refractivity contribution < 1.29 is 0 Å². The van der Waals surface area contributed by atoms with Gasteiger partial charge in [-0.25, -0.2) is 4.68 Å². The van der Waals surface area contributed by atoms with Gasteiger partial charge in [0.1, 0.15) is 0 Å². The molecular formula is C16H17BrN4S2. The molecule has 120 valence electrons. The summed E-state index contributed by atoms with van der Waals surface area (Å²) in [5, 5.41) is 5.45. The highest BCUT2D eigenvalue weighted by atomic mass is 79.9. The van der Waals surface area contributed by atoms with Gasteiger partial charge in [0.25, 0.3) is 0 Å². The average Bonchev–Trinajstić information content (AvgIpc) is 3.06. The van der Waals surface area contributed by atoms with E-state index in [1.165, 1.54) is 11.1 Å². The summed E-state index contributed by atoms with van der Waals surface area (Å²) in [7, 11) is 2.07. The van der Waals surface area contributed by atoms with Crippen LogP contribution in [0.5, 0.6) is 0 Å². The summed E-state index contributed by atoms with van der Waals surface area (Å²) in [5.41, 5.74) is 3.56. The lowest BCUT2D eigenvalue weighted by Crippen LogP contribution is -2.22. The molecule has 23 heavy (non-hydrogen) atoms. The molecule has 4 nitrogen and oxygen atoms in total. The molecule has 7 heteroatoms. The number of hydrogen-bond acceptors (Lipinski definition) is 4. The van der Waals surface area contributed by atoms with Crippen LogP contribution in [0.3, 0.4) is 0 Å². The molecule has 0 saturated carbocycles. The highest BCUT2D eigenvalue weighted by molar-refractivity contribution is 9.11. The molecule has 0 atom stereocenters. The number of nitrogens with one attached hydrogen (secondary N) is 1. The third kappa shape index (κ3) is 4.17. The average molecular weight is 409 g/mol. The standard InChI is InChI=1S/C16H17BrN4S2/c1-11-3-5-13(6-4-11)15-18-16(22)21(19-15)10-20(2)8-12-7-14(17)23-9-12/h3-7,9H,8,10H2,1-2H3,(H,18,19,22). The summed E-state index contributed by atoms with van der Waals surface area (Å²) in [5.74, 6) is 0.807. The molecule has 0 fully saturated rings. The number of rotatable bonds is 5. The van der Waals surface area contributed by atoms with Gasteiger partial charge in [-0.15, -0.1) is 11.3 Å². The number of H-pyrrole nitrogens is 1. The van der Waals surface area contributed by atoms with E-state index in [9.17, 15) is 0 Å². The molecule has 2 aromatic heterocycles. The Labute approximate surface area is 152 Å². The predicted octanol–water partition coefficient (Wildman–Crippen LogP) is 4.83. The minimum absolute atomic E-state index is 0.568. The molecule has 0 aliphatic rings. The van der Waals surface area contributed by atoms with Crippen LogP contribution < -0.4 is 0 Å². The van der Waals surface area contributed by atoms with E-state index in [0.29, 0.717) is 11.4 Å². The SMILES string of the molecule is Cc1ccc(-c2nc(=S)n(CN(C)Cc3csc(Br)c3)[nH]2)cc1. The second kappa shape index (κ2) is 7.09. The van der Waals surface area contributed by atoms with E-state index >= 15 is 0 Å². The number of aryl methyl sites for hydroxylation is 1. The molecule has 0 unspecified atom stereocenters. The van der Waals surface area contributed by atoms with Gasteiger partial charge in [-0.3, -0.25) is 10.00 Å². The van der Waals surface area contributed by atoms with Crippen molar-refractivity contribution in [3.63, 3.8) is 0 Å². The minimum Gasteiger partial charge on any atom is -0.283 e. The molecule has 0 aliphatic carbocycles. The number of nitrogens with zero attached hydrogens (tertiary/aromatic N) is 3. The quantitative estimate of drug-likeness (QED) is 0.614. The van der Waals surface area contributed by atoms with Crippen LogP contribution in [0.15, 0.2) is 39.5 Å². The maximum absolute atomic E-state index is 5.37. The van der Waals surface area contributed by atoms with Crippen molar-refractivity contribution in [3.8, 4) is 11.4 Å². The van der Waals surface area contributed by atoms with E-state index < -0.39 is 0 Å². The van der Waals surface area contributed by atoms with E-state index in [-0.39, 0.29) is 0 Å². The van der Waals surface area contributed by atoms with E-state index in [1.807, 2.05) is 4.68 Å². The first-order valence-corrected chi connectivity index (χ1v) is 9.25. The van der Waals surface area contributed by atoms with Crippen molar-refractivity contribution in [2.75, 3.05) is 7.05 Å². The fraction of sp³-hybridized carbons (Fsp3) is 0.250. The largest absolute Gasteiger partial charge is 0.283 e. The van der Waals surface area contributed by atoms with Crippen LogP contribution in [0, 0.1) is 11.7 Å². The second-order valence-electron chi connectivity index (χ2n) is 5.56. The molecule has 2 heterocycles. The second-order valence-corrected chi connectivity index (χ2v) is 8.22. The molecule has 0 amide bonds. The van der Waals surface area contributed by atoms with Crippen molar-refractivity contribution in [2.45, 2.75) is 20.1 Å². The third-order valence-corrected chi connectivity index (χ3v) is 5.33. The Morgan fingerprint density at radius 1 is 1.35 bits per heavy atom. The summed E-state index contributed by atoms with van der Waals surface area (Å²) in [4.78, 5) is 6.66. The molecular weight excluding hydrogens is 392 g/mol. The Bertz CT molecular complexity index is 848. The van der Waals surface area contributed by atoms with Crippen LogP contribution in [0.1, 0.15) is 11.1 Å². The molecule has 0 spiro atoms. The number of benzene rings is 1. The first-order chi connectivity index (χ1) is 11.0. The van der Waals surface area contributed by atoms with Crippen molar-refractivity contribution in [3.05, 3.63) is 55.4 Å². The molecule has 0 saturated heterocycles. The number of hydrogen-bond donors (Lipinski definition) is 1. The van der Waals surface area contributed by atoms with Gasteiger partial charge >= 0.3 is 0 Å². The van der Waals surface area contributed by atoms with Crippen LogP contribution in [0.25, 0.3) is 11.4 Å². The van der Waals surface area contributed by atoms with Gasteiger partial charge in [0.2, 0.25) is 4.77 Å². The number of aromatic amines is 1. The zero-order chi connectivity index (χ0) is 16.4. The maximum Gasteiger partial charge on any atom is 0.217 e. The highest BCUT2D eigenvalue weighted by Crippen LogP contribution is 2.21. The van der Waals surface area contributed by atoms with Gasteiger partial charge < -0.3 is 0 Å². The summed E-state index contributed by atoms with van der Waals surface area (Å²) < 4.78 is 3.62. The Hall–Kier alpha value is -1.28. The van der Waals surface area contributed by atoms with Gasteiger partial charge in [-0.2, -0.15) is 4.98 Å². The van der Waals surface area contributed by atoms with Gasteiger partial charge in [0.15, 0.2) is 5.82 Å². The van der Waals surface area contributed by atoms with Crippen LogP contribution in [-0.2, 0) is 13.2 Å². The Morgan fingerprint density at radius 2 is 2.09 bits per heavy atom. The summed E-state index contributed by atoms with van der Waals surface area (Å²) in [6, 6.07) is 10.4. The van der Waals surface area contributed by atoms with Crippen LogP contribution >= 0.6 is 39.5 Å². The van der Waals surface area contributed by atoms with E-state index in [1.54, 1.807) is 11.3 Å². The molecule has 1 N–H and O–H groups in total. The lowest BCUT2D eigenvalue weighted by molar-refractivity contribution is 0.245. The maximum atomic E-state index is 5.37. The molecule has 1 aromatic carbocycles. The molecule has 0 bridgehead atoms. The number of halogens is 1. The summed E-state index contributed by atoms with van der Waals surface area (Å²) >= 11 is 10.6. The number of aromatic nitrogens is 3. The van der Waals surface area contributed by atoms with Crippen molar-refractivity contribution in [1.29, 1.82) is 0 Å². The summed E-state index contributed by atoms with van der Waals surface area (Å²) in [6.07, 6.45) is 0. The fourth-order valence-corrected chi connectivity index (χ4v) is 3.72. The first kappa shape index (κ1) is 16.6. The zero-order valence-corrected chi connectivity index (χ0v) is 16.1. The van der Waals surface area contributed by atoms with E-state index in [2.05, 4.69) is 80.6 Å². The molecule has 3 aromatic rings. The highest BCUT2D eigenvalue weighted by Gasteiger charge is 2.08.